The Bertz CT molecular complexity index is 1280. The van der Waals surface area contributed by atoms with Gasteiger partial charge in [0.05, 0.1) is 18.4 Å². The van der Waals surface area contributed by atoms with Crippen LogP contribution in [0.4, 0.5) is 0 Å². The van der Waals surface area contributed by atoms with E-state index in [0.29, 0.717) is 11.3 Å². The maximum absolute atomic E-state index is 13.0. The maximum Gasteiger partial charge on any atom is 0.379 e. The van der Waals surface area contributed by atoms with Gasteiger partial charge in [0.25, 0.3) is 0 Å². The molecule has 1 aliphatic carbocycles. The van der Waals surface area contributed by atoms with Gasteiger partial charge in [-0.2, -0.15) is 5.10 Å². The van der Waals surface area contributed by atoms with E-state index in [2.05, 4.69) is 34.8 Å². The van der Waals surface area contributed by atoms with Gasteiger partial charge in [-0.25, -0.2) is 10.2 Å². The fourth-order valence-corrected chi connectivity index (χ4v) is 4.31. The number of benzene rings is 3. The predicted octanol–water partition coefficient (Wildman–Crippen LogP) is 4.96. The average Bonchev–Trinajstić information content (AvgIpc) is 3.40. The zero-order valence-electron chi connectivity index (χ0n) is 18.3. The molecule has 1 fully saturated rings. The lowest BCUT2D eigenvalue weighted by Gasteiger charge is -2.18. The van der Waals surface area contributed by atoms with Gasteiger partial charge in [0.1, 0.15) is 5.75 Å². The van der Waals surface area contributed by atoms with Gasteiger partial charge in [-0.3, -0.25) is 4.79 Å². The standard InChI is InChI=1S/C28H22N2O4/c31-26(24-18-28(24,21-10-3-1-4-11-21)22-12-5-2-6-13-22)30-29-19-20-9-7-14-23(17-20)34-27(32)25-15-8-16-33-25/h1-17,19,24H,18H2,(H,30,31)/b29-19+. The topological polar surface area (TPSA) is 80.9 Å². The first-order valence-electron chi connectivity index (χ1n) is 11.0. The molecule has 1 saturated carbocycles. The van der Waals surface area contributed by atoms with E-state index in [-0.39, 0.29) is 23.0 Å². The number of carbonyl (C=O) groups is 2. The van der Waals surface area contributed by atoms with Crippen LogP contribution in [0.5, 0.6) is 5.75 Å². The Labute approximate surface area is 196 Å². The quantitative estimate of drug-likeness (QED) is 0.187. The van der Waals surface area contributed by atoms with Gasteiger partial charge in [-0.15, -0.1) is 0 Å². The first-order chi connectivity index (χ1) is 16.7. The predicted molar refractivity (Wildman–Crippen MR) is 128 cm³/mol. The molecule has 1 aliphatic rings. The molecule has 168 valence electrons. The minimum Gasteiger partial charge on any atom is -0.457 e. The summed E-state index contributed by atoms with van der Waals surface area (Å²) in [5.41, 5.74) is 5.25. The van der Waals surface area contributed by atoms with Crippen molar-refractivity contribution in [1.29, 1.82) is 0 Å². The molecule has 1 amide bonds. The Hall–Kier alpha value is -4.45. The summed E-state index contributed by atoms with van der Waals surface area (Å²) < 4.78 is 10.4. The summed E-state index contributed by atoms with van der Waals surface area (Å²) in [5, 5.41) is 4.14. The third-order valence-electron chi connectivity index (χ3n) is 6.03. The Morgan fingerprint density at radius 1 is 0.912 bits per heavy atom. The van der Waals surface area contributed by atoms with E-state index in [9.17, 15) is 9.59 Å². The Morgan fingerprint density at radius 3 is 2.26 bits per heavy atom. The molecule has 1 aromatic heterocycles. The molecule has 0 spiro atoms. The third-order valence-corrected chi connectivity index (χ3v) is 6.03. The van der Waals surface area contributed by atoms with Crippen molar-refractivity contribution in [3.05, 3.63) is 126 Å². The zero-order valence-corrected chi connectivity index (χ0v) is 18.3. The van der Waals surface area contributed by atoms with E-state index in [1.54, 1.807) is 30.3 Å². The van der Waals surface area contributed by atoms with Crippen molar-refractivity contribution in [2.45, 2.75) is 11.8 Å². The summed E-state index contributed by atoms with van der Waals surface area (Å²) in [6.45, 7) is 0. The van der Waals surface area contributed by atoms with Crippen LogP contribution in [0.15, 0.2) is 113 Å². The van der Waals surface area contributed by atoms with Gasteiger partial charge in [0.15, 0.2) is 0 Å². The van der Waals surface area contributed by atoms with Crippen LogP contribution >= 0.6 is 0 Å². The molecule has 1 unspecified atom stereocenters. The molecule has 0 aliphatic heterocycles. The van der Waals surface area contributed by atoms with E-state index in [4.69, 9.17) is 9.15 Å². The molecule has 34 heavy (non-hydrogen) atoms. The molecule has 0 saturated heterocycles. The maximum atomic E-state index is 13.0. The van der Waals surface area contributed by atoms with Crippen LogP contribution in [0.25, 0.3) is 0 Å². The number of ether oxygens (including phenoxy) is 1. The van der Waals surface area contributed by atoms with Crippen LogP contribution in [-0.4, -0.2) is 18.1 Å². The minimum atomic E-state index is -0.584. The van der Waals surface area contributed by atoms with Crippen LogP contribution in [0.3, 0.4) is 0 Å². The number of carbonyl (C=O) groups excluding carboxylic acids is 2. The van der Waals surface area contributed by atoms with Gasteiger partial charge in [0.2, 0.25) is 11.7 Å². The number of hydrogen-bond acceptors (Lipinski definition) is 5. The number of nitrogens with one attached hydrogen (secondary N) is 1. The average molecular weight is 450 g/mol. The summed E-state index contributed by atoms with van der Waals surface area (Å²) in [5.74, 6) is -0.458. The first kappa shape index (κ1) is 21.4. The molecule has 0 radical (unpaired) electrons. The number of amides is 1. The van der Waals surface area contributed by atoms with Crippen molar-refractivity contribution in [1.82, 2.24) is 5.43 Å². The monoisotopic (exact) mass is 450 g/mol. The molecule has 1 N–H and O–H groups in total. The molecule has 6 heteroatoms. The van der Waals surface area contributed by atoms with Crippen molar-refractivity contribution < 1.29 is 18.7 Å². The van der Waals surface area contributed by atoms with Gasteiger partial charge in [-0.05, 0) is 47.4 Å². The highest BCUT2D eigenvalue weighted by atomic mass is 16.5. The fourth-order valence-electron chi connectivity index (χ4n) is 4.31. The highest BCUT2D eigenvalue weighted by Crippen LogP contribution is 2.58. The van der Waals surface area contributed by atoms with Crippen LogP contribution in [0.2, 0.25) is 0 Å². The highest BCUT2D eigenvalue weighted by Gasteiger charge is 2.60. The molecule has 0 bridgehead atoms. The highest BCUT2D eigenvalue weighted by molar-refractivity contribution is 5.89. The van der Waals surface area contributed by atoms with Crippen molar-refractivity contribution in [2.75, 3.05) is 0 Å². The number of esters is 1. The largest absolute Gasteiger partial charge is 0.457 e. The lowest BCUT2D eigenvalue weighted by atomic mass is 9.85. The van der Waals surface area contributed by atoms with Crippen molar-refractivity contribution in [3.8, 4) is 5.75 Å². The number of hydrogen-bond donors (Lipinski definition) is 1. The number of hydrazone groups is 1. The van der Waals surface area contributed by atoms with Crippen LogP contribution in [0.1, 0.15) is 33.7 Å². The van der Waals surface area contributed by atoms with Gasteiger partial charge >= 0.3 is 5.97 Å². The Kier molecular flexibility index (Phi) is 5.79. The van der Waals surface area contributed by atoms with E-state index in [0.717, 1.165) is 17.5 Å². The number of nitrogens with zero attached hydrogens (tertiary/aromatic N) is 1. The van der Waals surface area contributed by atoms with E-state index in [1.165, 1.54) is 18.5 Å². The van der Waals surface area contributed by atoms with Crippen LogP contribution < -0.4 is 10.2 Å². The fraction of sp³-hybridized carbons (Fsp3) is 0.107. The van der Waals surface area contributed by atoms with Gasteiger partial charge in [0, 0.05) is 5.41 Å². The van der Waals surface area contributed by atoms with Gasteiger partial charge < -0.3 is 9.15 Å². The molecule has 1 atom stereocenters. The van der Waals surface area contributed by atoms with Crippen LogP contribution in [-0.2, 0) is 10.2 Å². The Balaban J connectivity index is 1.27. The van der Waals surface area contributed by atoms with E-state index in [1.807, 2.05) is 36.4 Å². The zero-order chi connectivity index (χ0) is 23.4. The number of furan rings is 1. The number of rotatable bonds is 7. The smallest absolute Gasteiger partial charge is 0.379 e. The second-order valence-electron chi connectivity index (χ2n) is 8.13. The SMILES string of the molecule is O=C(Oc1cccc(/C=N/NC(=O)C2CC2(c2ccccc2)c2ccccc2)c1)c1ccco1. The molecule has 6 nitrogen and oxygen atoms in total. The molecular formula is C28H22N2O4. The van der Waals surface area contributed by atoms with Crippen molar-refractivity contribution in [3.63, 3.8) is 0 Å². The Morgan fingerprint density at radius 2 is 1.62 bits per heavy atom. The minimum absolute atomic E-state index is 0.121. The molecule has 3 aromatic carbocycles. The summed E-state index contributed by atoms with van der Waals surface area (Å²) >= 11 is 0. The summed E-state index contributed by atoms with van der Waals surface area (Å²) in [7, 11) is 0. The third kappa shape index (κ3) is 4.26. The second kappa shape index (κ2) is 9.19. The van der Waals surface area contributed by atoms with Crippen molar-refractivity contribution >= 4 is 18.1 Å². The summed E-state index contributed by atoms with van der Waals surface area (Å²) in [4.78, 5) is 25.1. The summed E-state index contributed by atoms with van der Waals surface area (Å²) in [6.07, 6.45) is 3.66. The molecular weight excluding hydrogens is 428 g/mol. The first-order valence-corrected chi connectivity index (χ1v) is 11.0. The normalized spacial score (nSPS) is 16.2. The van der Waals surface area contributed by atoms with E-state index >= 15 is 0 Å². The van der Waals surface area contributed by atoms with E-state index < -0.39 is 5.97 Å². The lowest BCUT2D eigenvalue weighted by Crippen LogP contribution is -2.25. The molecule has 5 rings (SSSR count). The lowest BCUT2D eigenvalue weighted by molar-refractivity contribution is -0.122. The van der Waals surface area contributed by atoms with Gasteiger partial charge in [-0.1, -0.05) is 72.8 Å². The molecule has 1 heterocycles. The second-order valence-corrected chi connectivity index (χ2v) is 8.13. The van der Waals surface area contributed by atoms with Crippen molar-refractivity contribution in [2.24, 2.45) is 11.0 Å². The molecule has 4 aromatic rings. The van der Waals surface area contributed by atoms with Crippen LogP contribution in [0, 0.1) is 5.92 Å². The summed E-state index contributed by atoms with van der Waals surface area (Å²) in [6, 6.07) is 30.2.